The zero-order chi connectivity index (χ0) is 11.2. The molecule has 0 aliphatic carbocycles. The fourth-order valence-electron chi connectivity index (χ4n) is 1.76. The lowest BCUT2D eigenvalue weighted by Crippen LogP contribution is -2.48. The molecule has 80 valence electrons. The Morgan fingerprint density at radius 1 is 1.40 bits per heavy atom. The molecule has 2 rings (SSSR count). The molecule has 2 aliphatic rings. The maximum atomic E-state index is 11.8. The van der Waals surface area contributed by atoms with Gasteiger partial charge in [0.2, 0.25) is 17.8 Å². The van der Waals surface area contributed by atoms with E-state index >= 15 is 0 Å². The molecule has 6 heteroatoms. The fraction of sp³-hybridized carbons (Fsp3) is 0.556. The average Bonchev–Trinajstić information content (AvgIpc) is 2.43. The van der Waals surface area contributed by atoms with Gasteiger partial charge in [0, 0.05) is 0 Å². The van der Waals surface area contributed by atoms with Crippen molar-refractivity contribution < 1.29 is 14.4 Å². The van der Waals surface area contributed by atoms with Crippen LogP contribution in [0, 0.1) is 5.92 Å². The first-order valence-electron chi connectivity index (χ1n) is 4.82. The minimum atomic E-state index is -0.733. The van der Waals surface area contributed by atoms with Crippen LogP contribution in [0.25, 0.3) is 0 Å². The van der Waals surface area contributed by atoms with Gasteiger partial charge in [-0.15, -0.1) is 0 Å². The number of nitrogens with one attached hydrogen (secondary N) is 1. The quantitative estimate of drug-likeness (QED) is 0.577. The van der Waals surface area contributed by atoms with Gasteiger partial charge in [0.15, 0.2) is 0 Å². The molecule has 0 radical (unpaired) electrons. The van der Waals surface area contributed by atoms with E-state index in [2.05, 4.69) is 10.3 Å². The Balaban J connectivity index is 2.42. The number of hydrogen-bond acceptors (Lipinski definition) is 3. The standard InChI is InChI=1S/C9H11N3O3/c1-3-5-7(14)11-9-10-6(13)4(2)12(9)8(5)15/h4-5H,3H2,1-2H3,(H,10,11,13,14)/t4-,5+/m0/s1. The number of fused-ring (bicyclic) bond motifs is 1. The molecule has 2 heterocycles. The number of aliphatic imine (C=N–C) groups is 1. The summed E-state index contributed by atoms with van der Waals surface area (Å²) in [5, 5.41) is 2.41. The lowest BCUT2D eigenvalue weighted by atomic mass is 10.0. The van der Waals surface area contributed by atoms with E-state index in [-0.39, 0.29) is 17.8 Å². The lowest BCUT2D eigenvalue weighted by molar-refractivity contribution is -0.141. The second-order valence-electron chi connectivity index (χ2n) is 3.61. The molecule has 0 bridgehead atoms. The maximum absolute atomic E-state index is 11.8. The first-order chi connectivity index (χ1) is 7.06. The number of nitrogens with zero attached hydrogens (tertiary/aromatic N) is 2. The summed E-state index contributed by atoms with van der Waals surface area (Å²) in [7, 11) is 0. The SMILES string of the molecule is CC[C@@H]1C(=O)N=C2NC(=O)[C@H](C)N2C1=O. The summed E-state index contributed by atoms with van der Waals surface area (Å²) in [6, 6.07) is -0.571. The van der Waals surface area contributed by atoms with Crippen molar-refractivity contribution in [3.05, 3.63) is 0 Å². The number of carbonyl (C=O) groups is 3. The highest BCUT2D eigenvalue weighted by molar-refractivity contribution is 6.22. The van der Waals surface area contributed by atoms with Crippen LogP contribution in [0.4, 0.5) is 0 Å². The van der Waals surface area contributed by atoms with E-state index in [1.807, 2.05) is 0 Å². The molecule has 0 aromatic carbocycles. The summed E-state index contributed by atoms with van der Waals surface area (Å²) < 4.78 is 0. The van der Waals surface area contributed by atoms with E-state index in [0.717, 1.165) is 0 Å². The van der Waals surface area contributed by atoms with Crippen molar-refractivity contribution in [2.45, 2.75) is 26.3 Å². The van der Waals surface area contributed by atoms with E-state index < -0.39 is 17.9 Å². The molecule has 2 atom stereocenters. The van der Waals surface area contributed by atoms with Gasteiger partial charge in [-0.3, -0.25) is 24.6 Å². The van der Waals surface area contributed by atoms with Crippen molar-refractivity contribution in [1.82, 2.24) is 10.2 Å². The molecule has 6 nitrogen and oxygen atoms in total. The third kappa shape index (κ3) is 1.25. The Morgan fingerprint density at radius 3 is 2.67 bits per heavy atom. The lowest BCUT2D eigenvalue weighted by Gasteiger charge is -2.26. The molecule has 1 fully saturated rings. The van der Waals surface area contributed by atoms with Gasteiger partial charge in [-0.1, -0.05) is 6.92 Å². The summed E-state index contributed by atoms with van der Waals surface area (Å²) in [5.41, 5.74) is 0. The molecule has 0 aromatic rings. The molecule has 0 spiro atoms. The van der Waals surface area contributed by atoms with Crippen LogP contribution in [0.3, 0.4) is 0 Å². The van der Waals surface area contributed by atoms with Crippen molar-refractivity contribution in [2.75, 3.05) is 0 Å². The molecular weight excluding hydrogens is 198 g/mol. The number of carbonyl (C=O) groups excluding carboxylic acids is 3. The summed E-state index contributed by atoms with van der Waals surface area (Å²) in [6.45, 7) is 3.36. The van der Waals surface area contributed by atoms with Crippen molar-refractivity contribution in [3.63, 3.8) is 0 Å². The van der Waals surface area contributed by atoms with Gasteiger partial charge in [-0.25, -0.2) is 0 Å². The Morgan fingerprint density at radius 2 is 2.07 bits per heavy atom. The second-order valence-corrected chi connectivity index (χ2v) is 3.61. The summed E-state index contributed by atoms with van der Waals surface area (Å²) in [6.07, 6.45) is 0.409. The van der Waals surface area contributed by atoms with Crippen molar-refractivity contribution in [3.8, 4) is 0 Å². The molecule has 15 heavy (non-hydrogen) atoms. The highest BCUT2D eigenvalue weighted by Gasteiger charge is 2.45. The number of amides is 3. The minimum Gasteiger partial charge on any atom is -0.294 e. The smallest absolute Gasteiger partial charge is 0.261 e. The van der Waals surface area contributed by atoms with Crippen LogP contribution in [0.5, 0.6) is 0 Å². The van der Waals surface area contributed by atoms with Gasteiger partial charge in [0.25, 0.3) is 5.91 Å². The number of hydrogen-bond donors (Lipinski definition) is 1. The largest absolute Gasteiger partial charge is 0.294 e. The Bertz CT molecular complexity index is 388. The van der Waals surface area contributed by atoms with Gasteiger partial charge in [-0.05, 0) is 13.3 Å². The molecule has 0 aromatic heterocycles. The third-order valence-corrected chi connectivity index (χ3v) is 2.69. The molecule has 3 amide bonds. The van der Waals surface area contributed by atoms with Gasteiger partial charge in [0.05, 0.1) is 0 Å². The first-order valence-corrected chi connectivity index (χ1v) is 4.82. The zero-order valence-corrected chi connectivity index (χ0v) is 8.48. The van der Waals surface area contributed by atoms with Crippen molar-refractivity contribution >= 4 is 23.7 Å². The Kier molecular flexibility index (Phi) is 2.06. The molecule has 1 N–H and O–H groups in total. The van der Waals surface area contributed by atoms with Crippen LogP contribution in [0.2, 0.25) is 0 Å². The van der Waals surface area contributed by atoms with E-state index in [0.29, 0.717) is 6.42 Å². The van der Waals surface area contributed by atoms with E-state index in [9.17, 15) is 14.4 Å². The molecule has 0 unspecified atom stereocenters. The third-order valence-electron chi connectivity index (χ3n) is 2.69. The van der Waals surface area contributed by atoms with Gasteiger partial charge in [-0.2, -0.15) is 4.99 Å². The predicted octanol–water partition coefficient (Wildman–Crippen LogP) is -0.744. The highest BCUT2D eigenvalue weighted by Crippen LogP contribution is 2.21. The van der Waals surface area contributed by atoms with Crippen LogP contribution in [-0.4, -0.2) is 34.6 Å². The predicted molar refractivity (Wildman–Crippen MR) is 50.7 cm³/mol. The topological polar surface area (TPSA) is 78.8 Å². The summed E-state index contributed by atoms with van der Waals surface area (Å²) in [5.74, 6) is -1.76. The van der Waals surface area contributed by atoms with Crippen molar-refractivity contribution in [2.24, 2.45) is 10.9 Å². The molecule has 2 aliphatic heterocycles. The van der Waals surface area contributed by atoms with Gasteiger partial charge in [0.1, 0.15) is 12.0 Å². The van der Waals surface area contributed by atoms with Crippen LogP contribution in [0.15, 0.2) is 4.99 Å². The van der Waals surface area contributed by atoms with Crippen LogP contribution in [0.1, 0.15) is 20.3 Å². The zero-order valence-electron chi connectivity index (χ0n) is 8.48. The van der Waals surface area contributed by atoms with Crippen LogP contribution in [-0.2, 0) is 14.4 Å². The van der Waals surface area contributed by atoms with E-state index in [1.165, 1.54) is 4.90 Å². The van der Waals surface area contributed by atoms with Crippen molar-refractivity contribution in [1.29, 1.82) is 0 Å². The van der Waals surface area contributed by atoms with E-state index in [1.54, 1.807) is 13.8 Å². The van der Waals surface area contributed by atoms with Crippen LogP contribution >= 0.6 is 0 Å². The minimum absolute atomic E-state index is 0.0761. The summed E-state index contributed by atoms with van der Waals surface area (Å²) in [4.78, 5) is 39.5. The highest BCUT2D eigenvalue weighted by atomic mass is 16.2. The van der Waals surface area contributed by atoms with E-state index in [4.69, 9.17) is 0 Å². The Labute approximate surface area is 86.3 Å². The normalized spacial score (nSPS) is 30.1. The molecule has 0 saturated carbocycles. The molecular formula is C9H11N3O3. The molecule has 1 saturated heterocycles. The fourth-order valence-corrected chi connectivity index (χ4v) is 1.76. The average molecular weight is 209 g/mol. The number of guanidine groups is 1. The summed E-state index contributed by atoms with van der Waals surface area (Å²) >= 11 is 0. The Hall–Kier alpha value is -1.72. The first kappa shape index (κ1) is 9.82. The van der Waals surface area contributed by atoms with Crippen LogP contribution < -0.4 is 5.32 Å². The van der Waals surface area contributed by atoms with Gasteiger partial charge >= 0.3 is 0 Å². The second kappa shape index (κ2) is 3.15. The number of rotatable bonds is 1. The monoisotopic (exact) mass is 209 g/mol. The van der Waals surface area contributed by atoms with Gasteiger partial charge < -0.3 is 0 Å². The maximum Gasteiger partial charge on any atom is 0.261 e.